The van der Waals surface area contributed by atoms with Crippen molar-refractivity contribution in [1.29, 1.82) is 0 Å². The Hall–Kier alpha value is -2.42. The summed E-state index contributed by atoms with van der Waals surface area (Å²) in [4.78, 5) is 10.5. The van der Waals surface area contributed by atoms with Crippen LogP contribution in [0.25, 0.3) is 16.6 Å². The summed E-state index contributed by atoms with van der Waals surface area (Å²) in [6.45, 7) is 0. The molecule has 1 heterocycles. The van der Waals surface area contributed by atoms with Crippen molar-refractivity contribution in [3.05, 3.63) is 65.7 Å². The highest BCUT2D eigenvalue weighted by molar-refractivity contribution is 5.82. The first kappa shape index (κ1) is 9.78. The van der Waals surface area contributed by atoms with E-state index in [-0.39, 0.29) is 0 Å². The number of hydrogen-bond acceptors (Lipinski definition) is 2. The molecule has 0 radical (unpaired) electrons. The fourth-order valence-corrected chi connectivity index (χ4v) is 2.01. The minimum atomic E-state index is 0.445. The van der Waals surface area contributed by atoms with Gasteiger partial charge in [-0.25, -0.2) is 0 Å². The predicted molar refractivity (Wildman–Crippen MR) is 68.7 cm³/mol. The molecule has 1 aromatic heterocycles. The first-order valence-electron chi connectivity index (χ1n) is 5.38. The van der Waals surface area contributed by atoms with Gasteiger partial charge in [-0.15, -0.1) is 4.91 Å². The van der Waals surface area contributed by atoms with Crippen LogP contribution in [0.3, 0.4) is 0 Å². The van der Waals surface area contributed by atoms with Crippen LogP contribution in [0.5, 0.6) is 0 Å². The SMILES string of the molecule is O=Nc1cccc(-n2ccc3ccccc32)c1. The molecule has 0 N–H and O–H groups in total. The molecule has 82 valence electrons. The van der Waals surface area contributed by atoms with Gasteiger partial charge in [0.15, 0.2) is 0 Å². The Bertz CT molecular complexity index is 685. The Labute approximate surface area is 98.3 Å². The van der Waals surface area contributed by atoms with Gasteiger partial charge >= 0.3 is 0 Å². The fourth-order valence-electron chi connectivity index (χ4n) is 2.01. The topological polar surface area (TPSA) is 34.4 Å². The summed E-state index contributed by atoms with van der Waals surface area (Å²) in [6, 6.07) is 17.4. The molecule has 0 atom stereocenters. The summed E-state index contributed by atoms with van der Waals surface area (Å²) >= 11 is 0. The van der Waals surface area contributed by atoms with Gasteiger partial charge in [0.05, 0.1) is 5.52 Å². The molecule has 0 fully saturated rings. The Morgan fingerprint density at radius 2 is 1.82 bits per heavy atom. The van der Waals surface area contributed by atoms with Crippen molar-refractivity contribution >= 4 is 16.6 Å². The van der Waals surface area contributed by atoms with Gasteiger partial charge in [-0.1, -0.05) is 24.3 Å². The molecule has 3 aromatic rings. The summed E-state index contributed by atoms with van der Waals surface area (Å²) in [5, 5.41) is 4.14. The zero-order valence-electron chi connectivity index (χ0n) is 9.08. The summed E-state index contributed by atoms with van der Waals surface area (Å²) < 4.78 is 2.05. The quantitative estimate of drug-likeness (QED) is 0.603. The van der Waals surface area contributed by atoms with Crippen molar-refractivity contribution in [3.63, 3.8) is 0 Å². The highest BCUT2D eigenvalue weighted by Gasteiger charge is 2.02. The molecular formula is C14H10N2O. The lowest BCUT2D eigenvalue weighted by molar-refractivity contribution is 1.13. The van der Waals surface area contributed by atoms with Crippen LogP contribution >= 0.6 is 0 Å². The molecule has 3 rings (SSSR count). The third-order valence-corrected chi connectivity index (χ3v) is 2.81. The van der Waals surface area contributed by atoms with E-state index in [9.17, 15) is 4.91 Å². The molecule has 3 nitrogen and oxygen atoms in total. The van der Waals surface area contributed by atoms with Crippen LogP contribution in [0.1, 0.15) is 0 Å². The highest BCUT2D eigenvalue weighted by atomic mass is 16.3. The molecule has 0 aliphatic carbocycles. The molecule has 0 unspecified atom stereocenters. The van der Waals surface area contributed by atoms with E-state index in [4.69, 9.17) is 0 Å². The zero-order chi connectivity index (χ0) is 11.7. The van der Waals surface area contributed by atoms with E-state index in [2.05, 4.69) is 23.4 Å². The number of hydrogen-bond donors (Lipinski definition) is 0. The van der Waals surface area contributed by atoms with Crippen LogP contribution in [-0.2, 0) is 0 Å². The van der Waals surface area contributed by atoms with E-state index in [1.165, 1.54) is 5.39 Å². The molecule has 0 saturated heterocycles. The lowest BCUT2D eigenvalue weighted by Gasteiger charge is -2.05. The van der Waals surface area contributed by atoms with Crippen molar-refractivity contribution in [2.24, 2.45) is 5.18 Å². The van der Waals surface area contributed by atoms with E-state index >= 15 is 0 Å². The van der Waals surface area contributed by atoms with Crippen LogP contribution in [0, 0.1) is 4.91 Å². The molecule has 3 heteroatoms. The van der Waals surface area contributed by atoms with Crippen molar-refractivity contribution in [2.75, 3.05) is 0 Å². The van der Waals surface area contributed by atoms with Gasteiger partial charge in [-0.3, -0.25) is 0 Å². The Morgan fingerprint density at radius 1 is 0.941 bits per heavy atom. The number of rotatable bonds is 2. The van der Waals surface area contributed by atoms with Crippen LogP contribution in [0.2, 0.25) is 0 Å². The number of fused-ring (bicyclic) bond motifs is 1. The van der Waals surface area contributed by atoms with Gasteiger partial charge in [0, 0.05) is 11.9 Å². The van der Waals surface area contributed by atoms with E-state index < -0.39 is 0 Å². The number of nitroso groups, excluding NO2 is 1. The van der Waals surface area contributed by atoms with E-state index in [1.807, 2.05) is 35.0 Å². The van der Waals surface area contributed by atoms with Gasteiger partial charge in [0.2, 0.25) is 0 Å². The molecule has 17 heavy (non-hydrogen) atoms. The molecule has 0 amide bonds. The second kappa shape index (κ2) is 3.87. The average Bonchev–Trinajstić information content (AvgIpc) is 2.82. The maximum atomic E-state index is 10.5. The summed E-state index contributed by atoms with van der Waals surface area (Å²) in [7, 11) is 0. The lowest BCUT2D eigenvalue weighted by Crippen LogP contribution is -1.90. The van der Waals surface area contributed by atoms with E-state index in [0.717, 1.165) is 11.2 Å². The molecule has 0 bridgehead atoms. The minimum absolute atomic E-state index is 0.445. The Kier molecular flexibility index (Phi) is 2.22. The smallest absolute Gasteiger partial charge is 0.110 e. The maximum Gasteiger partial charge on any atom is 0.110 e. The third kappa shape index (κ3) is 1.61. The normalized spacial score (nSPS) is 10.6. The van der Waals surface area contributed by atoms with Crippen molar-refractivity contribution in [3.8, 4) is 5.69 Å². The van der Waals surface area contributed by atoms with Crippen LogP contribution in [0.4, 0.5) is 5.69 Å². The molecule has 0 aliphatic heterocycles. The monoisotopic (exact) mass is 222 g/mol. The van der Waals surface area contributed by atoms with Crippen LogP contribution < -0.4 is 0 Å². The van der Waals surface area contributed by atoms with E-state index in [1.54, 1.807) is 12.1 Å². The molecular weight excluding hydrogens is 212 g/mol. The summed E-state index contributed by atoms with van der Waals surface area (Å²) in [5.41, 5.74) is 2.51. The van der Waals surface area contributed by atoms with Gasteiger partial charge in [-0.2, -0.15) is 0 Å². The second-order valence-corrected chi connectivity index (χ2v) is 3.86. The van der Waals surface area contributed by atoms with Crippen LogP contribution in [0.15, 0.2) is 66.0 Å². The maximum absolute atomic E-state index is 10.5. The van der Waals surface area contributed by atoms with Crippen molar-refractivity contribution in [1.82, 2.24) is 4.57 Å². The summed E-state index contributed by atoms with van der Waals surface area (Å²) in [6.07, 6.45) is 1.99. The molecule has 2 aromatic carbocycles. The fraction of sp³-hybridized carbons (Fsp3) is 0. The summed E-state index contributed by atoms with van der Waals surface area (Å²) in [5.74, 6) is 0. The van der Waals surface area contributed by atoms with Crippen molar-refractivity contribution < 1.29 is 0 Å². The highest BCUT2D eigenvalue weighted by Crippen LogP contribution is 2.22. The third-order valence-electron chi connectivity index (χ3n) is 2.81. The van der Waals surface area contributed by atoms with Crippen LogP contribution in [-0.4, -0.2) is 4.57 Å². The Morgan fingerprint density at radius 3 is 2.71 bits per heavy atom. The molecule has 0 spiro atoms. The molecule has 0 aliphatic rings. The van der Waals surface area contributed by atoms with Gasteiger partial charge < -0.3 is 4.57 Å². The lowest BCUT2D eigenvalue weighted by atomic mass is 10.2. The zero-order valence-corrected chi connectivity index (χ0v) is 9.08. The molecule has 0 saturated carbocycles. The minimum Gasteiger partial charge on any atom is -0.316 e. The van der Waals surface area contributed by atoms with E-state index in [0.29, 0.717) is 5.69 Å². The number of para-hydroxylation sites is 1. The van der Waals surface area contributed by atoms with Gasteiger partial charge in [0.25, 0.3) is 0 Å². The standard InChI is InChI=1S/C14H10N2O/c17-15-12-5-3-6-13(10-12)16-9-8-11-4-1-2-7-14(11)16/h1-10H. The number of nitrogens with zero attached hydrogens (tertiary/aromatic N) is 2. The Balaban J connectivity index is 2.23. The average molecular weight is 222 g/mol. The second-order valence-electron chi connectivity index (χ2n) is 3.86. The first-order chi connectivity index (χ1) is 8.38. The first-order valence-corrected chi connectivity index (χ1v) is 5.38. The van der Waals surface area contributed by atoms with Gasteiger partial charge in [-0.05, 0) is 40.9 Å². The largest absolute Gasteiger partial charge is 0.316 e. The van der Waals surface area contributed by atoms with Gasteiger partial charge in [0.1, 0.15) is 5.69 Å². The number of aromatic nitrogens is 1. The predicted octanol–water partition coefficient (Wildman–Crippen LogP) is 4.03. The number of benzene rings is 2. The van der Waals surface area contributed by atoms with Crippen molar-refractivity contribution in [2.45, 2.75) is 0 Å².